The summed E-state index contributed by atoms with van der Waals surface area (Å²) in [6, 6.07) is 3.74. The van der Waals surface area contributed by atoms with Crippen molar-refractivity contribution >= 4 is 27.3 Å². The molecule has 20 heavy (non-hydrogen) atoms. The number of sulfonamides is 1. The van der Waals surface area contributed by atoms with Crippen molar-refractivity contribution in [3.63, 3.8) is 0 Å². The Kier molecular flexibility index (Phi) is 7.26. The molecule has 0 aliphatic rings. The number of hydrogen-bond acceptors (Lipinski definition) is 3. The van der Waals surface area contributed by atoms with Gasteiger partial charge in [-0.05, 0) is 50.6 Å². The van der Waals surface area contributed by atoms with Crippen molar-refractivity contribution in [1.82, 2.24) is 5.32 Å². The molecule has 4 nitrogen and oxygen atoms in total. The lowest BCUT2D eigenvalue weighted by atomic mass is 10.3. The quantitative estimate of drug-likeness (QED) is 0.687. The van der Waals surface area contributed by atoms with Crippen molar-refractivity contribution in [2.75, 3.05) is 23.6 Å². The van der Waals surface area contributed by atoms with Gasteiger partial charge in [-0.15, -0.1) is 0 Å². The SMILES string of the molecule is CCCNCCCCS(=O)(=O)Nc1ccc(F)c(Cl)c1. The molecule has 0 saturated heterocycles. The van der Waals surface area contributed by atoms with Gasteiger partial charge in [-0.25, -0.2) is 12.8 Å². The molecular formula is C13H20ClFN2O2S. The molecule has 0 spiro atoms. The molecule has 0 aliphatic heterocycles. The van der Waals surface area contributed by atoms with Crippen LogP contribution in [0.3, 0.4) is 0 Å². The van der Waals surface area contributed by atoms with Crippen LogP contribution in [-0.4, -0.2) is 27.3 Å². The molecule has 1 rings (SSSR count). The van der Waals surface area contributed by atoms with E-state index in [0.29, 0.717) is 6.42 Å². The highest BCUT2D eigenvalue weighted by Gasteiger charge is 2.11. The summed E-state index contributed by atoms with van der Waals surface area (Å²) in [4.78, 5) is 0. The van der Waals surface area contributed by atoms with E-state index in [9.17, 15) is 12.8 Å². The Morgan fingerprint density at radius 3 is 2.65 bits per heavy atom. The second kappa shape index (κ2) is 8.44. The second-order valence-electron chi connectivity index (χ2n) is 4.51. The van der Waals surface area contributed by atoms with Gasteiger partial charge in [-0.2, -0.15) is 0 Å². The smallest absolute Gasteiger partial charge is 0.232 e. The van der Waals surface area contributed by atoms with E-state index in [0.717, 1.165) is 32.0 Å². The van der Waals surface area contributed by atoms with Gasteiger partial charge < -0.3 is 5.32 Å². The largest absolute Gasteiger partial charge is 0.317 e. The highest BCUT2D eigenvalue weighted by molar-refractivity contribution is 7.92. The first-order valence-corrected chi connectivity index (χ1v) is 8.64. The van der Waals surface area contributed by atoms with Gasteiger partial charge in [0.1, 0.15) is 5.82 Å². The Bertz CT molecular complexity index is 523. The Morgan fingerprint density at radius 2 is 2.00 bits per heavy atom. The van der Waals surface area contributed by atoms with Gasteiger partial charge >= 0.3 is 0 Å². The van der Waals surface area contributed by atoms with E-state index >= 15 is 0 Å². The van der Waals surface area contributed by atoms with Gasteiger partial charge in [-0.1, -0.05) is 18.5 Å². The van der Waals surface area contributed by atoms with E-state index in [1.807, 2.05) is 0 Å². The normalized spacial score (nSPS) is 11.6. The van der Waals surface area contributed by atoms with Crippen molar-refractivity contribution < 1.29 is 12.8 Å². The topological polar surface area (TPSA) is 58.2 Å². The zero-order valence-corrected chi connectivity index (χ0v) is 13.0. The number of hydrogen-bond donors (Lipinski definition) is 2. The van der Waals surface area contributed by atoms with Gasteiger partial charge in [0, 0.05) is 0 Å². The maximum atomic E-state index is 13.0. The van der Waals surface area contributed by atoms with Crippen LogP contribution in [-0.2, 0) is 10.0 Å². The maximum Gasteiger partial charge on any atom is 0.232 e. The third-order valence-corrected chi connectivity index (χ3v) is 4.30. The van der Waals surface area contributed by atoms with Crippen molar-refractivity contribution in [2.45, 2.75) is 26.2 Å². The lowest BCUT2D eigenvalue weighted by Gasteiger charge is -2.08. The monoisotopic (exact) mass is 322 g/mol. The fourth-order valence-electron chi connectivity index (χ4n) is 1.63. The molecule has 7 heteroatoms. The molecule has 0 amide bonds. The van der Waals surface area contributed by atoms with Gasteiger partial charge in [0.15, 0.2) is 0 Å². The second-order valence-corrected chi connectivity index (χ2v) is 6.76. The predicted octanol–water partition coefficient (Wildman–Crippen LogP) is 3.00. The third kappa shape index (κ3) is 6.54. The first-order chi connectivity index (χ1) is 9.44. The lowest BCUT2D eigenvalue weighted by Crippen LogP contribution is -2.19. The maximum absolute atomic E-state index is 13.0. The van der Waals surface area contributed by atoms with E-state index in [1.165, 1.54) is 12.1 Å². The Hall–Kier alpha value is -0.850. The number of unbranched alkanes of at least 4 members (excludes halogenated alkanes) is 1. The van der Waals surface area contributed by atoms with Crippen LogP contribution >= 0.6 is 11.6 Å². The number of anilines is 1. The molecule has 0 aromatic heterocycles. The predicted molar refractivity (Wildman–Crippen MR) is 81.2 cm³/mol. The molecule has 2 N–H and O–H groups in total. The van der Waals surface area contributed by atoms with Crippen LogP contribution in [0.25, 0.3) is 0 Å². The Morgan fingerprint density at radius 1 is 1.25 bits per heavy atom. The van der Waals surface area contributed by atoms with E-state index in [2.05, 4.69) is 17.0 Å². The van der Waals surface area contributed by atoms with Crippen LogP contribution in [0, 0.1) is 5.82 Å². The summed E-state index contributed by atoms with van der Waals surface area (Å²) in [5, 5.41) is 3.11. The summed E-state index contributed by atoms with van der Waals surface area (Å²) in [6.45, 7) is 3.83. The van der Waals surface area contributed by atoms with Gasteiger partial charge in [0.2, 0.25) is 10.0 Å². The molecule has 0 saturated carbocycles. The molecule has 0 atom stereocenters. The average molecular weight is 323 g/mol. The summed E-state index contributed by atoms with van der Waals surface area (Å²) >= 11 is 5.60. The van der Waals surface area contributed by atoms with Crippen LogP contribution in [0.5, 0.6) is 0 Å². The minimum absolute atomic E-state index is 0.0375. The molecule has 0 bridgehead atoms. The van der Waals surface area contributed by atoms with Crippen molar-refractivity contribution in [2.24, 2.45) is 0 Å². The highest BCUT2D eigenvalue weighted by Crippen LogP contribution is 2.20. The summed E-state index contributed by atoms with van der Waals surface area (Å²) < 4.78 is 39.0. The van der Waals surface area contributed by atoms with Gasteiger partial charge in [0.05, 0.1) is 16.5 Å². The van der Waals surface area contributed by atoms with Crippen molar-refractivity contribution in [3.8, 4) is 0 Å². The van der Waals surface area contributed by atoms with Crippen LogP contribution in [0.15, 0.2) is 18.2 Å². The first kappa shape index (κ1) is 17.2. The molecule has 0 fully saturated rings. The number of rotatable bonds is 9. The van der Waals surface area contributed by atoms with Crippen LogP contribution < -0.4 is 10.0 Å². The fraction of sp³-hybridized carbons (Fsp3) is 0.538. The van der Waals surface area contributed by atoms with Crippen molar-refractivity contribution in [1.29, 1.82) is 0 Å². The van der Waals surface area contributed by atoms with Gasteiger partial charge in [-0.3, -0.25) is 4.72 Å². The highest BCUT2D eigenvalue weighted by atomic mass is 35.5. The lowest BCUT2D eigenvalue weighted by molar-refractivity contribution is 0.590. The zero-order chi connectivity index (χ0) is 15.0. The number of halogens is 2. The summed E-state index contributed by atoms with van der Waals surface area (Å²) in [7, 11) is -3.42. The molecule has 1 aromatic carbocycles. The van der Waals surface area contributed by atoms with E-state index < -0.39 is 15.8 Å². The van der Waals surface area contributed by atoms with E-state index in [1.54, 1.807) is 0 Å². The Balaban J connectivity index is 2.39. The third-order valence-electron chi connectivity index (χ3n) is 2.64. The van der Waals surface area contributed by atoms with Crippen LogP contribution in [0.4, 0.5) is 10.1 Å². The average Bonchev–Trinajstić information content (AvgIpc) is 2.38. The van der Waals surface area contributed by atoms with E-state index in [-0.39, 0.29) is 16.5 Å². The molecule has 0 radical (unpaired) electrons. The van der Waals surface area contributed by atoms with Crippen LogP contribution in [0.1, 0.15) is 26.2 Å². The zero-order valence-electron chi connectivity index (χ0n) is 11.5. The molecule has 114 valence electrons. The van der Waals surface area contributed by atoms with Crippen molar-refractivity contribution in [3.05, 3.63) is 29.0 Å². The Labute approximate surface area is 124 Å². The fourth-order valence-corrected chi connectivity index (χ4v) is 2.99. The summed E-state index contributed by atoms with van der Waals surface area (Å²) in [6.07, 6.45) is 2.43. The van der Waals surface area contributed by atoms with E-state index in [4.69, 9.17) is 11.6 Å². The minimum atomic E-state index is -3.42. The molecule has 0 heterocycles. The molecule has 1 aromatic rings. The number of nitrogens with one attached hydrogen (secondary N) is 2. The standard InChI is InChI=1S/C13H20ClFN2O2S/c1-2-7-16-8-3-4-9-20(18,19)17-11-5-6-13(15)12(14)10-11/h5-6,10,16-17H,2-4,7-9H2,1H3. The summed E-state index contributed by atoms with van der Waals surface area (Å²) in [5.41, 5.74) is 0.278. The minimum Gasteiger partial charge on any atom is -0.317 e. The molecule has 0 unspecified atom stereocenters. The molecular weight excluding hydrogens is 303 g/mol. The van der Waals surface area contributed by atoms with Gasteiger partial charge in [0.25, 0.3) is 0 Å². The van der Waals surface area contributed by atoms with Crippen LogP contribution in [0.2, 0.25) is 5.02 Å². The first-order valence-electron chi connectivity index (χ1n) is 6.61. The summed E-state index contributed by atoms with van der Waals surface area (Å²) in [5.74, 6) is -0.535. The number of benzene rings is 1. The molecule has 0 aliphatic carbocycles.